The fraction of sp³-hybridized carbons (Fsp3) is 0.500. The summed E-state index contributed by atoms with van der Waals surface area (Å²) >= 11 is 0. The largest absolute Gasteiger partial charge is 0.364 e. The van der Waals surface area contributed by atoms with Crippen molar-refractivity contribution in [2.24, 2.45) is 0 Å². The number of aryl methyl sites for hydroxylation is 1. The van der Waals surface area contributed by atoms with Crippen molar-refractivity contribution < 1.29 is 9.59 Å². The fourth-order valence-electron chi connectivity index (χ4n) is 2.35. The lowest BCUT2D eigenvalue weighted by atomic mass is 10.2. The van der Waals surface area contributed by atoms with Gasteiger partial charge in [0.05, 0.1) is 0 Å². The van der Waals surface area contributed by atoms with Gasteiger partial charge in [-0.15, -0.1) is 0 Å². The molecule has 0 saturated carbocycles. The second kappa shape index (κ2) is 5.90. The van der Waals surface area contributed by atoms with Gasteiger partial charge in [0, 0.05) is 51.1 Å². The first-order chi connectivity index (χ1) is 9.49. The van der Waals surface area contributed by atoms with Crippen LogP contribution in [0.25, 0.3) is 0 Å². The summed E-state index contributed by atoms with van der Waals surface area (Å²) in [5.41, 5.74) is 0.621. The first kappa shape index (κ1) is 14.3. The molecule has 0 spiro atoms. The van der Waals surface area contributed by atoms with Gasteiger partial charge in [0.15, 0.2) is 5.43 Å². The lowest BCUT2D eigenvalue weighted by Gasteiger charge is -2.21. The van der Waals surface area contributed by atoms with E-state index in [2.05, 4.69) is 4.98 Å². The number of amides is 2. The van der Waals surface area contributed by atoms with Crippen molar-refractivity contribution in [1.29, 1.82) is 0 Å². The Labute approximate surface area is 117 Å². The molecule has 1 N–H and O–H groups in total. The first-order valence-corrected chi connectivity index (χ1v) is 6.73. The number of carbonyl (C=O) groups excluding carboxylic acids is 2. The lowest BCUT2D eigenvalue weighted by molar-refractivity contribution is -0.128. The van der Waals surface area contributed by atoms with Gasteiger partial charge in [-0.05, 0) is 13.3 Å². The molecule has 1 fully saturated rings. The van der Waals surface area contributed by atoms with E-state index in [1.807, 2.05) is 0 Å². The number of pyridine rings is 1. The molecule has 108 valence electrons. The highest BCUT2D eigenvalue weighted by molar-refractivity contribution is 5.93. The average Bonchev–Trinajstić information content (AvgIpc) is 2.63. The fourth-order valence-corrected chi connectivity index (χ4v) is 2.35. The van der Waals surface area contributed by atoms with Crippen LogP contribution in [0.15, 0.2) is 17.1 Å². The summed E-state index contributed by atoms with van der Waals surface area (Å²) in [6.45, 7) is 5.50. The van der Waals surface area contributed by atoms with Crippen LogP contribution in [0.1, 0.15) is 29.4 Å². The van der Waals surface area contributed by atoms with Gasteiger partial charge in [0.2, 0.25) is 5.91 Å². The summed E-state index contributed by atoms with van der Waals surface area (Å²) in [6, 6.07) is 1.42. The van der Waals surface area contributed by atoms with Crippen LogP contribution in [-0.2, 0) is 4.79 Å². The lowest BCUT2D eigenvalue weighted by Crippen LogP contribution is -2.38. The number of hydrogen-bond acceptors (Lipinski definition) is 3. The third kappa shape index (κ3) is 3.07. The van der Waals surface area contributed by atoms with E-state index in [0.717, 1.165) is 12.1 Å². The van der Waals surface area contributed by atoms with Crippen molar-refractivity contribution in [3.05, 3.63) is 33.7 Å². The van der Waals surface area contributed by atoms with E-state index in [1.165, 1.54) is 19.2 Å². The zero-order valence-electron chi connectivity index (χ0n) is 11.8. The number of carbonyl (C=O) groups is 2. The van der Waals surface area contributed by atoms with Gasteiger partial charge in [-0.2, -0.15) is 0 Å². The summed E-state index contributed by atoms with van der Waals surface area (Å²) < 4.78 is 0. The Morgan fingerprint density at radius 1 is 1.15 bits per heavy atom. The highest BCUT2D eigenvalue weighted by atomic mass is 16.2. The molecule has 1 aromatic heterocycles. The third-order valence-corrected chi connectivity index (χ3v) is 3.52. The van der Waals surface area contributed by atoms with E-state index < -0.39 is 0 Å². The summed E-state index contributed by atoms with van der Waals surface area (Å²) in [6.07, 6.45) is 2.20. The molecule has 1 aliphatic rings. The predicted octanol–water partition coefficient (Wildman–Crippen LogP) is 0.378. The van der Waals surface area contributed by atoms with Crippen molar-refractivity contribution in [3.8, 4) is 0 Å². The Balaban J connectivity index is 2.13. The topological polar surface area (TPSA) is 73.5 Å². The van der Waals surface area contributed by atoms with Crippen LogP contribution in [0.3, 0.4) is 0 Å². The minimum absolute atomic E-state index is 0.0208. The zero-order valence-corrected chi connectivity index (χ0v) is 11.8. The summed E-state index contributed by atoms with van der Waals surface area (Å²) in [7, 11) is 0. The summed E-state index contributed by atoms with van der Waals surface area (Å²) in [5.74, 6) is -0.246. The number of H-pyrrole nitrogens is 1. The molecule has 2 amide bonds. The molecule has 0 unspecified atom stereocenters. The zero-order chi connectivity index (χ0) is 14.7. The number of aromatic nitrogens is 1. The Kier molecular flexibility index (Phi) is 4.22. The van der Waals surface area contributed by atoms with Crippen LogP contribution in [-0.4, -0.2) is 52.8 Å². The molecule has 1 aliphatic heterocycles. The van der Waals surface area contributed by atoms with E-state index >= 15 is 0 Å². The quantitative estimate of drug-likeness (QED) is 0.806. The molecule has 1 saturated heterocycles. The number of nitrogens with zero attached hydrogens (tertiary/aromatic N) is 2. The Hall–Kier alpha value is -2.11. The summed E-state index contributed by atoms with van der Waals surface area (Å²) in [4.78, 5) is 41.8. The van der Waals surface area contributed by atoms with Crippen LogP contribution >= 0.6 is 0 Å². The molecule has 0 atom stereocenters. The maximum atomic E-state index is 12.4. The van der Waals surface area contributed by atoms with Crippen LogP contribution in [0.5, 0.6) is 0 Å². The van der Waals surface area contributed by atoms with Crippen molar-refractivity contribution in [2.75, 3.05) is 26.2 Å². The minimum atomic E-state index is -0.267. The Bertz CT molecular complexity index is 579. The molecule has 0 bridgehead atoms. The molecular weight excluding hydrogens is 258 g/mol. The van der Waals surface area contributed by atoms with Gasteiger partial charge in [-0.1, -0.05) is 0 Å². The van der Waals surface area contributed by atoms with Gasteiger partial charge in [-0.25, -0.2) is 0 Å². The predicted molar refractivity (Wildman–Crippen MR) is 74.6 cm³/mol. The van der Waals surface area contributed by atoms with Gasteiger partial charge >= 0.3 is 0 Å². The van der Waals surface area contributed by atoms with Crippen molar-refractivity contribution in [2.45, 2.75) is 20.3 Å². The second-order valence-electron chi connectivity index (χ2n) is 5.05. The van der Waals surface area contributed by atoms with Gasteiger partial charge in [-0.3, -0.25) is 14.4 Å². The van der Waals surface area contributed by atoms with Crippen LogP contribution in [0, 0.1) is 6.92 Å². The Morgan fingerprint density at radius 2 is 1.80 bits per heavy atom. The van der Waals surface area contributed by atoms with E-state index in [0.29, 0.717) is 26.2 Å². The molecule has 6 nitrogen and oxygen atoms in total. The number of hydrogen-bond donors (Lipinski definition) is 1. The average molecular weight is 277 g/mol. The normalized spacial score (nSPS) is 15.9. The smallest absolute Gasteiger partial charge is 0.259 e. The maximum absolute atomic E-state index is 12.4. The van der Waals surface area contributed by atoms with Crippen LogP contribution < -0.4 is 5.43 Å². The van der Waals surface area contributed by atoms with Gasteiger partial charge in [0.1, 0.15) is 5.56 Å². The van der Waals surface area contributed by atoms with E-state index in [9.17, 15) is 14.4 Å². The van der Waals surface area contributed by atoms with Crippen LogP contribution in [0.2, 0.25) is 0 Å². The summed E-state index contributed by atoms with van der Waals surface area (Å²) in [5, 5.41) is 0. The molecule has 0 radical (unpaired) electrons. The minimum Gasteiger partial charge on any atom is -0.364 e. The van der Waals surface area contributed by atoms with E-state index in [4.69, 9.17) is 0 Å². The molecule has 20 heavy (non-hydrogen) atoms. The van der Waals surface area contributed by atoms with Crippen molar-refractivity contribution in [3.63, 3.8) is 0 Å². The second-order valence-corrected chi connectivity index (χ2v) is 5.05. The molecule has 0 aliphatic carbocycles. The van der Waals surface area contributed by atoms with Crippen molar-refractivity contribution >= 4 is 11.8 Å². The van der Waals surface area contributed by atoms with Gasteiger partial charge in [0.25, 0.3) is 5.91 Å². The number of aromatic amines is 1. The van der Waals surface area contributed by atoms with Gasteiger partial charge < -0.3 is 14.8 Å². The first-order valence-electron chi connectivity index (χ1n) is 6.73. The SMILES string of the molecule is CC(=O)N1CCCN(C(=O)c2c[nH]c(C)cc2=O)CC1. The molecule has 2 heterocycles. The van der Waals surface area contributed by atoms with Crippen molar-refractivity contribution in [1.82, 2.24) is 14.8 Å². The van der Waals surface area contributed by atoms with E-state index in [1.54, 1.807) is 16.7 Å². The standard InChI is InChI=1S/C14H19N3O3/c1-10-8-13(19)12(9-15-10)14(20)17-5-3-4-16(6-7-17)11(2)18/h8-9H,3-7H2,1-2H3,(H,15,19). The highest BCUT2D eigenvalue weighted by Crippen LogP contribution is 2.07. The maximum Gasteiger partial charge on any atom is 0.259 e. The molecule has 2 rings (SSSR count). The van der Waals surface area contributed by atoms with Crippen LogP contribution in [0.4, 0.5) is 0 Å². The molecule has 6 heteroatoms. The third-order valence-electron chi connectivity index (χ3n) is 3.52. The monoisotopic (exact) mass is 277 g/mol. The molecule has 0 aromatic carbocycles. The highest BCUT2D eigenvalue weighted by Gasteiger charge is 2.22. The number of nitrogens with one attached hydrogen (secondary N) is 1. The Morgan fingerprint density at radius 3 is 2.45 bits per heavy atom. The number of rotatable bonds is 1. The van der Waals surface area contributed by atoms with E-state index in [-0.39, 0.29) is 22.8 Å². The molecular formula is C14H19N3O3. The molecule has 1 aromatic rings.